The lowest BCUT2D eigenvalue weighted by Crippen LogP contribution is -2.30. The Labute approximate surface area is 158 Å². The third-order valence-electron chi connectivity index (χ3n) is 3.04. The van der Waals surface area contributed by atoms with Gasteiger partial charge in [-0.05, 0) is 38.1 Å². The maximum atomic E-state index is 12.5. The predicted molar refractivity (Wildman–Crippen MR) is 102 cm³/mol. The first-order chi connectivity index (χ1) is 11.3. The van der Waals surface area contributed by atoms with E-state index in [1.165, 1.54) is 16.7 Å². The molecule has 0 atom stereocenters. The van der Waals surface area contributed by atoms with Crippen LogP contribution in [0, 0.1) is 0 Å². The van der Waals surface area contributed by atoms with Crippen LogP contribution in [0.3, 0.4) is 0 Å². The molecule has 24 heavy (non-hydrogen) atoms. The van der Waals surface area contributed by atoms with Crippen molar-refractivity contribution in [2.75, 3.05) is 6.54 Å². The Balaban J connectivity index is 2.28. The van der Waals surface area contributed by atoms with Crippen LogP contribution in [0.2, 0.25) is 0 Å². The Hall–Kier alpha value is -1.38. The summed E-state index contributed by atoms with van der Waals surface area (Å²) in [6, 6.07) is 5.57. The molecular weight excluding hydrogens is 414 g/mol. The fourth-order valence-electron chi connectivity index (χ4n) is 2.03. The zero-order chi connectivity index (χ0) is 17.9. The summed E-state index contributed by atoms with van der Waals surface area (Å²) in [5.41, 5.74) is 0.761. The van der Waals surface area contributed by atoms with Crippen LogP contribution in [0.4, 0.5) is 0 Å². The van der Waals surface area contributed by atoms with Gasteiger partial charge in [0.15, 0.2) is 0 Å². The van der Waals surface area contributed by atoms with Crippen LogP contribution >= 0.6 is 39.9 Å². The Kier molecular flexibility index (Phi) is 6.42. The summed E-state index contributed by atoms with van der Waals surface area (Å²) in [6.45, 7) is 3.93. The maximum Gasteiger partial charge on any atom is 0.305 e. The fraction of sp³-hybridized carbons (Fsp3) is 0.312. The van der Waals surface area contributed by atoms with Gasteiger partial charge in [0.2, 0.25) is 0 Å². The van der Waals surface area contributed by atoms with Crippen molar-refractivity contribution in [2.24, 2.45) is 0 Å². The van der Waals surface area contributed by atoms with Crippen LogP contribution in [-0.4, -0.2) is 38.9 Å². The van der Waals surface area contributed by atoms with Crippen molar-refractivity contribution < 1.29 is 19.4 Å². The number of nitrogens with zero attached hydrogens (tertiary/aromatic N) is 1. The predicted octanol–water partition coefficient (Wildman–Crippen LogP) is 3.91. The van der Waals surface area contributed by atoms with Gasteiger partial charge in [0.25, 0.3) is 5.91 Å². The van der Waals surface area contributed by atoms with Crippen LogP contribution in [-0.2, 0) is 9.59 Å². The zero-order valence-corrected chi connectivity index (χ0v) is 16.3. The number of rotatable bonds is 6. The number of halogens is 1. The van der Waals surface area contributed by atoms with Crippen molar-refractivity contribution in [1.29, 1.82) is 0 Å². The van der Waals surface area contributed by atoms with E-state index < -0.39 is 5.97 Å². The highest BCUT2D eigenvalue weighted by molar-refractivity contribution is 9.10. The van der Waals surface area contributed by atoms with E-state index >= 15 is 0 Å². The molecule has 0 spiro atoms. The number of hydrogen-bond acceptors (Lipinski definition) is 5. The van der Waals surface area contributed by atoms with Crippen LogP contribution in [0.1, 0.15) is 25.8 Å². The highest BCUT2D eigenvalue weighted by atomic mass is 79.9. The summed E-state index contributed by atoms with van der Waals surface area (Å²) in [4.78, 5) is 24.9. The molecule has 1 aromatic rings. The highest BCUT2D eigenvalue weighted by Gasteiger charge is 2.32. The molecule has 1 amide bonds. The number of ether oxygens (including phenoxy) is 1. The standard InChI is InChI=1S/C16H16BrNO4S2/c1-9(2)22-12-4-3-11(17)7-10(12)8-13-15(21)18(16(23)24-13)6-5-14(19)20/h3-4,7-9H,5-6H2,1-2H3,(H,19,20)/b13-8+. The van der Waals surface area contributed by atoms with E-state index in [2.05, 4.69) is 15.9 Å². The van der Waals surface area contributed by atoms with Crippen molar-refractivity contribution in [3.8, 4) is 5.75 Å². The number of carboxylic acid groups (broad SMARTS) is 1. The quantitative estimate of drug-likeness (QED) is 0.545. The normalized spacial score (nSPS) is 16.3. The monoisotopic (exact) mass is 429 g/mol. The van der Waals surface area contributed by atoms with Gasteiger partial charge in [0, 0.05) is 16.6 Å². The highest BCUT2D eigenvalue weighted by Crippen LogP contribution is 2.35. The molecule has 1 N–H and O–H groups in total. The Morgan fingerprint density at radius 2 is 2.21 bits per heavy atom. The molecule has 0 radical (unpaired) electrons. The van der Waals surface area contributed by atoms with E-state index in [-0.39, 0.29) is 25.0 Å². The second-order valence-corrected chi connectivity index (χ2v) is 7.92. The molecule has 8 heteroatoms. The minimum absolute atomic E-state index is 0.00315. The summed E-state index contributed by atoms with van der Waals surface area (Å²) < 4.78 is 7.00. The Morgan fingerprint density at radius 1 is 1.50 bits per heavy atom. The number of hydrogen-bond donors (Lipinski definition) is 1. The maximum absolute atomic E-state index is 12.5. The molecular formula is C16H16BrNO4S2. The Morgan fingerprint density at radius 3 is 2.83 bits per heavy atom. The zero-order valence-electron chi connectivity index (χ0n) is 13.1. The number of thioether (sulfide) groups is 1. The SMILES string of the molecule is CC(C)Oc1ccc(Br)cc1/C=C1/SC(=S)N(CCC(=O)O)C1=O. The first kappa shape index (κ1) is 19.0. The molecule has 1 aromatic carbocycles. The molecule has 0 unspecified atom stereocenters. The number of thiocarbonyl (C=S) groups is 1. The molecule has 0 aliphatic carbocycles. The number of aliphatic carboxylic acids is 1. The first-order valence-corrected chi connectivity index (χ1v) is 9.23. The van der Waals surface area contributed by atoms with Gasteiger partial charge in [-0.15, -0.1) is 0 Å². The summed E-state index contributed by atoms with van der Waals surface area (Å²) >= 11 is 9.77. The van der Waals surface area contributed by atoms with Crippen molar-refractivity contribution in [2.45, 2.75) is 26.4 Å². The van der Waals surface area contributed by atoms with Crippen LogP contribution in [0.25, 0.3) is 6.08 Å². The Bertz CT molecular complexity index is 718. The van der Waals surface area contributed by atoms with E-state index in [0.717, 1.165) is 10.0 Å². The van der Waals surface area contributed by atoms with Gasteiger partial charge in [0.1, 0.15) is 10.1 Å². The summed E-state index contributed by atoms with van der Waals surface area (Å²) in [5.74, 6) is -0.571. The van der Waals surface area contributed by atoms with E-state index in [9.17, 15) is 9.59 Å². The third-order valence-corrected chi connectivity index (χ3v) is 4.91. The second kappa shape index (κ2) is 8.13. The molecule has 1 fully saturated rings. The summed E-state index contributed by atoms with van der Waals surface area (Å²) in [7, 11) is 0. The average molecular weight is 430 g/mol. The first-order valence-electron chi connectivity index (χ1n) is 7.21. The van der Waals surface area contributed by atoms with E-state index in [4.69, 9.17) is 22.1 Å². The fourth-order valence-corrected chi connectivity index (χ4v) is 3.71. The van der Waals surface area contributed by atoms with Gasteiger partial charge in [-0.1, -0.05) is 39.9 Å². The van der Waals surface area contributed by atoms with Crippen LogP contribution < -0.4 is 4.74 Å². The van der Waals surface area contributed by atoms with E-state index in [0.29, 0.717) is 15.0 Å². The second-order valence-electron chi connectivity index (χ2n) is 5.33. The molecule has 1 heterocycles. The number of carboxylic acids is 1. The molecule has 1 aliphatic rings. The van der Waals surface area contributed by atoms with Crippen molar-refractivity contribution in [3.63, 3.8) is 0 Å². The molecule has 1 saturated heterocycles. The smallest absolute Gasteiger partial charge is 0.305 e. The van der Waals surface area contributed by atoms with Gasteiger partial charge in [-0.25, -0.2) is 0 Å². The van der Waals surface area contributed by atoms with Gasteiger partial charge >= 0.3 is 5.97 Å². The summed E-state index contributed by atoms with van der Waals surface area (Å²) in [6.07, 6.45) is 1.59. The van der Waals surface area contributed by atoms with Gasteiger partial charge < -0.3 is 9.84 Å². The van der Waals surface area contributed by atoms with Crippen LogP contribution in [0.5, 0.6) is 5.75 Å². The molecule has 1 aliphatic heterocycles. The lowest BCUT2D eigenvalue weighted by Gasteiger charge is -2.13. The minimum atomic E-state index is -0.965. The largest absolute Gasteiger partial charge is 0.490 e. The molecule has 5 nitrogen and oxygen atoms in total. The van der Waals surface area contributed by atoms with Crippen molar-refractivity contribution >= 4 is 62.2 Å². The van der Waals surface area contributed by atoms with Crippen molar-refractivity contribution in [3.05, 3.63) is 33.1 Å². The number of carbonyl (C=O) groups excluding carboxylic acids is 1. The minimum Gasteiger partial charge on any atom is -0.490 e. The van der Waals surface area contributed by atoms with Crippen molar-refractivity contribution in [1.82, 2.24) is 4.90 Å². The third kappa shape index (κ3) is 4.81. The molecule has 0 aromatic heterocycles. The number of amides is 1. The molecule has 0 bridgehead atoms. The van der Waals surface area contributed by atoms with E-state index in [1.807, 2.05) is 32.0 Å². The molecule has 0 saturated carbocycles. The lowest BCUT2D eigenvalue weighted by atomic mass is 10.2. The average Bonchev–Trinajstić information content (AvgIpc) is 2.74. The van der Waals surface area contributed by atoms with Crippen LogP contribution in [0.15, 0.2) is 27.6 Å². The number of carbonyl (C=O) groups is 2. The van der Waals surface area contributed by atoms with E-state index in [1.54, 1.807) is 6.08 Å². The molecule has 2 rings (SSSR count). The molecule has 128 valence electrons. The van der Waals surface area contributed by atoms with Gasteiger partial charge in [0.05, 0.1) is 17.4 Å². The topological polar surface area (TPSA) is 66.8 Å². The lowest BCUT2D eigenvalue weighted by molar-refractivity contribution is -0.137. The van der Waals surface area contributed by atoms with Gasteiger partial charge in [-0.3, -0.25) is 14.5 Å². The number of benzene rings is 1. The summed E-state index contributed by atoms with van der Waals surface area (Å²) in [5, 5.41) is 8.77. The van der Waals surface area contributed by atoms with Gasteiger partial charge in [-0.2, -0.15) is 0 Å².